The maximum atomic E-state index is 4.05. The SMILES string of the molecule is CCc1ccc(C(C)NCCCc2cn[nH]c2C)s1. The molecule has 1 unspecified atom stereocenters. The molecule has 0 saturated heterocycles. The summed E-state index contributed by atoms with van der Waals surface area (Å²) in [6, 6.07) is 4.95. The highest BCUT2D eigenvalue weighted by atomic mass is 32.1. The average Bonchev–Trinajstić information content (AvgIpc) is 3.03. The van der Waals surface area contributed by atoms with E-state index in [1.165, 1.54) is 21.0 Å². The number of aromatic amines is 1. The quantitative estimate of drug-likeness (QED) is 0.759. The molecule has 2 rings (SSSR count). The summed E-state index contributed by atoms with van der Waals surface area (Å²) in [5.74, 6) is 0. The van der Waals surface area contributed by atoms with Gasteiger partial charge in [0, 0.05) is 21.5 Å². The van der Waals surface area contributed by atoms with E-state index in [0.29, 0.717) is 6.04 Å². The van der Waals surface area contributed by atoms with Crippen LogP contribution < -0.4 is 5.32 Å². The second-order valence-electron chi connectivity index (χ2n) is 4.96. The van der Waals surface area contributed by atoms with Gasteiger partial charge in [-0.3, -0.25) is 5.10 Å². The molecule has 2 N–H and O–H groups in total. The molecule has 3 nitrogen and oxygen atoms in total. The van der Waals surface area contributed by atoms with Crippen molar-refractivity contribution >= 4 is 11.3 Å². The third-order valence-electron chi connectivity index (χ3n) is 3.47. The Morgan fingerprint density at radius 3 is 2.89 bits per heavy atom. The van der Waals surface area contributed by atoms with Crippen molar-refractivity contribution in [3.8, 4) is 0 Å². The van der Waals surface area contributed by atoms with Crippen LogP contribution in [0.25, 0.3) is 0 Å². The smallest absolute Gasteiger partial charge is 0.0522 e. The lowest BCUT2D eigenvalue weighted by Gasteiger charge is -2.11. The summed E-state index contributed by atoms with van der Waals surface area (Å²) in [5, 5.41) is 10.6. The first-order valence-electron chi connectivity index (χ1n) is 7.01. The number of thiophene rings is 1. The highest BCUT2D eigenvalue weighted by Crippen LogP contribution is 2.23. The van der Waals surface area contributed by atoms with Gasteiger partial charge in [0.1, 0.15) is 0 Å². The molecule has 0 spiro atoms. The first-order valence-corrected chi connectivity index (χ1v) is 7.83. The van der Waals surface area contributed by atoms with Crippen molar-refractivity contribution in [1.82, 2.24) is 15.5 Å². The average molecular weight is 277 g/mol. The third kappa shape index (κ3) is 3.91. The standard InChI is InChI=1S/C15H23N3S/c1-4-14-7-8-15(19-14)12(3)16-9-5-6-13-10-17-18-11(13)2/h7-8,10,12,16H,4-6,9H2,1-3H3,(H,17,18). The summed E-state index contributed by atoms with van der Waals surface area (Å²) in [5.41, 5.74) is 2.53. The lowest BCUT2D eigenvalue weighted by molar-refractivity contribution is 0.565. The van der Waals surface area contributed by atoms with Gasteiger partial charge in [0.25, 0.3) is 0 Å². The normalized spacial score (nSPS) is 12.8. The zero-order chi connectivity index (χ0) is 13.7. The van der Waals surface area contributed by atoms with Crippen molar-refractivity contribution in [2.24, 2.45) is 0 Å². The number of nitrogens with one attached hydrogen (secondary N) is 2. The van der Waals surface area contributed by atoms with Crippen LogP contribution in [0.5, 0.6) is 0 Å². The Labute approximate surface area is 119 Å². The van der Waals surface area contributed by atoms with Crippen LogP contribution in [0.15, 0.2) is 18.3 Å². The molecule has 4 heteroatoms. The summed E-state index contributed by atoms with van der Waals surface area (Å²) < 4.78 is 0. The van der Waals surface area contributed by atoms with Gasteiger partial charge in [0.2, 0.25) is 0 Å². The van der Waals surface area contributed by atoms with Crippen LogP contribution in [-0.2, 0) is 12.8 Å². The van der Waals surface area contributed by atoms with Crippen molar-refractivity contribution in [2.75, 3.05) is 6.54 Å². The third-order valence-corrected chi connectivity index (χ3v) is 4.88. The summed E-state index contributed by atoms with van der Waals surface area (Å²) in [7, 11) is 0. The van der Waals surface area contributed by atoms with Crippen LogP contribution in [0.1, 0.15) is 47.3 Å². The molecule has 0 bridgehead atoms. The number of rotatable bonds is 7. The summed E-state index contributed by atoms with van der Waals surface area (Å²) in [6.45, 7) is 7.58. The second-order valence-corrected chi connectivity index (χ2v) is 6.16. The van der Waals surface area contributed by atoms with Crippen LogP contribution in [0.3, 0.4) is 0 Å². The van der Waals surface area contributed by atoms with Gasteiger partial charge in [-0.2, -0.15) is 5.10 Å². The number of aryl methyl sites for hydroxylation is 3. The van der Waals surface area contributed by atoms with E-state index >= 15 is 0 Å². The fourth-order valence-corrected chi connectivity index (χ4v) is 3.12. The van der Waals surface area contributed by atoms with E-state index in [4.69, 9.17) is 0 Å². The Morgan fingerprint density at radius 1 is 1.42 bits per heavy atom. The molecule has 0 saturated carbocycles. The molecule has 104 valence electrons. The molecule has 0 aliphatic rings. The van der Waals surface area contributed by atoms with Crippen LogP contribution in [-0.4, -0.2) is 16.7 Å². The number of H-pyrrole nitrogens is 1. The van der Waals surface area contributed by atoms with E-state index in [0.717, 1.165) is 25.8 Å². The Bertz CT molecular complexity index is 501. The first-order chi connectivity index (χ1) is 9.20. The minimum Gasteiger partial charge on any atom is -0.309 e. The Balaban J connectivity index is 1.72. The van der Waals surface area contributed by atoms with Crippen molar-refractivity contribution in [1.29, 1.82) is 0 Å². The number of aromatic nitrogens is 2. The largest absolute Gasteiger partial charge is 0.309 e. The Morgan fingerprint density at radius 2 is 2.26 bits per heavy atom. The van der Waals surface area contributed by atoms with Gasteiger partial charge < -0.3 is 5.32 Å². The van der Waals surface area contributed by atoms with E-state index < -0.39 is 0 Å². The van der Waals surface area contributed by atoms with Gasteiger partial charge in [0.15, 0.2) is 0 Å². The predicted molar refractivity (Wildman–Crippen MR) is 81.8 cm³/mol. The van der Waals surface area contributed by atoms with Crippen molar-refractivity contribution in [3.05, 3.63) is 39.3 Å². The van der Waals surface area contributed by atoms with Crippen molar-refractivity contribution in [2.45, 2.75) is 46.1 Å². The maximum absolute atomic E-state index is 4.05. The molecular weight excluding hydrogens is 254 g/mol. The molecular formula is C15H23N3S. The number of hydrogen-bond donors (Lipinski definition) is 2. The van der Waals surface area contributed by atoms with Gasteiger partial charge in [-0.1, -0.05) is 6.92 Å². The minimum absolute atomic E-state index is 0.454. The fourth-order valence-electron chi connectivity index (χ4n) is 2.14. The highest BCUT2D eigenvalue weighted by Gasteiger charge is 2.07. The van der Waals surface area contributed by atoms with Crippen LogP contribution in [0, 0.1) is 6.92 Å². The van der Waals surface area contributed by atoms with Gasteiger partial charge in [-0.15, -0.1) is 11.3 Å². The van der Waals surface area contributed by atoms with Crippen LogP contribution in [0.2, 0.25) is 0 Å². The topological polar surface area (TPSA) is 40.7 Å². The molecule has 0 aliphatic heterocycles. The second kappa shape index (κ2) is 6.87. The van der Waals surface area contributed by atoms with Gasteiger partial charge in [-0.25, -0.2) is 0 Å². The fraction of sp³-hybridized carbons (Fsp3) is 0.533. The van der Waals surface area contributed by atoms with E-state index in [2.05, 4.69) is 48.4 Å². The summed E-state index contributed by atoms with van der Waals surface area (Å²) >= 11 is 1.92. The number of nitrogens with zero attached hydrogens (tertiary/aromatic N) is 1. The Kier molecular flexibility index (Phi) is 5.16. The first kappa shape index (κ1) is 14.3. The minimum atomic E-state index is 0.454. The zero-order valence-electron chi connectivity index (χ0n) is 12.0. The van der Waals surface area contributed by atoms with E-state index in [1.54, 1.807) is 0 Å². The molecule has 0 fully saturated rings. The van der Waals surface area contributed by atoms with E-state index in [-0.39, 0.29) is 0 Å². The molecule has 2 aromatic rings. The lowest BCUT2D eigenvalue weighted by atomic mass is 10.1. The van der Waals surface area contributed by atoms with Crippen molar-refractivity contribution in [3.63, 3.8) is 0 Å². The lowest BCUT2D eigenvalue weighted by Crippen LogP contribution is -2.19. The van der Waals surface area contributed by atoms with Crippen LogP contribution in [0.4, 0.5) is 0 Å². The van der Waals surface area contributed by atoms with Gasteiger partial charge in [-0.05, 0) is 57.4 Å². The molecule has 19 heavy (non-hydrogen) atoms. The zero-order valence-corrected chi connectivity index (χ0v) is 12.8. The maximum Gasteiger partial charge on any atom is 0.0522 e. The van der Waals surface area contributed by atoms with Gasteiger partial charge >= 0.3 is 0 Å². The predicted octanol–water partition coefficient (Wildman–Crippen LogP) is 3.63. The monoisotopic (exact) mass is 277 g/mol. The van der Waals surface area contributed by atoms with Crippen molar-refractivity contribution < 1.29 is 0 Å². The highest BCUT2D eigenvalue weighted by molar-refractivity contribution is 7.12. The molecule has 0 aromatic carbocycles. The summed E-state index contributed by atoms with van der Waals surface area (Å²) in [6.07, 6.45) is 5.31. The summed E-state index contributed by atoms with van der Waals surface area (Å²) in [4.78, 5) is 2.91. The van der Waals surface area contributed by atoms with E-state index in [9.17, 15) is 0 Å². The number of hydrogen-bond acceptors (Lipinski definition) is 3. The van der Waals surface area contributed by atoms with E-state index in [1.807, 2.05) is 17.5 Å². The molecule has 0 amide bonds. The Hall–Kier alpha value is -1.13. The van der Waals surface area contributed by atoms with Gasteiger partial charge in [0.05, 0.1) is 6.20 Å². The molecule has 1 atom stereocenters. The molecule has 2 aromatic heterocycles. The molecule has 0 aliphatic carbocycles. The van der Waals surface area contributed by atoms with Crippen LogP contribution >= 0.6 is 11.3 Å². The molecule has 0 radical (unpaired) electrons. The molecule has 2 heterocycles.